The molecule has 4 rings (SSSR count). The van der Waals surface area contributed by atoms with E-state index in [2.05, 4.69) is 4.98 Å². The van der Waals surface area contributed by atoms with Gasteiger partial charge in [-0.15, -0.1) is 0 Å². The fourth-order valence-electron chi connectivity index (χ4n) is 3.21. The molecule has 0 aliphatic heterocycles. The standard InChI is InChI=1S/C25H22N2O3S/c1-18-24(22(28)13-12-19-8-4-2-5-9-19)31-25(26-18)27-15-14-21(16-23(27)29)30-17-20-10-6-3-7-11-20/h2-11,14-16H,12-13,17H2,1H3. The SMILES string of the molecule is Cc1nc(-n2ccc(OCc3ccccc3)cc2=O)sc1C(=O)CCc1ccccc1. The van der Waals surface area contributed by atoms with Crippen molar-refractivity contribution < 1.29 is 9.53 Å². The molecule has 0 unspecified atom stereocenters. The van der Waals surface area contributed by atoms with E-state index in [9.17, 15) is 9.59 Å². The quantitative estimate of drug-likeness (QED) is 0.369. The molecule has 0 saturated heterocycles. The Hall–Kier alpha value is -3.51. The van der Waals surface area contributed by atoms with E-state index < -0.39 is 0 Å². The summed E-state index contributed by atoms with van der Waals surface area (Å²) in [6.07, 6.45) is 2.73. The van der Waals surface area contributed by atoms with Crippen LogP contribution in [-0.4, -0.2) is 15.3 Å². The van der Waals surface area contributed by atoms with E-state index >= 15 is 0 Å². The molecule has 2 aromatic heterocycles. The summed E-state index contributed by atoms with van der Waals surface area (Å²) < 4.78 is 7.17. The number of nitrogens with zero attached hydrogens (tertiary/aromatic N) is 2. The minimum absolute atomic E-state index is 0.0426. The second-order valence-corrected chi connectivity index (χ2v) is 8.14. The molecular weight excluding hydrogens is 408 g/mol. The number of benzene rings is 2. The zero-order valence-electron chi connectivity index (χ0n) is 17.2. The highest BCUT2D eigenvalue weighted by atomic mass is 32.1. The van der Waals surface area contributed by atoms with Crippen LogP contribution in [0, 0.1) is 6.92 Å². The molecule has 0 N–H and O–H groups in total. The van der Waals surface area contributed by atoms with Crippen molar-refractivity contribution >= 4 is 17.1 Å². The van der Waals surface area contributed by atoms with Crippen LogP contribution < -0.4 is 10.3 Å². The molecule has 2 heterocycles. The van der Waals surface area contributed by atoms with Crippen LogP contribution in [0.2, 0.25) is 0 Å². The highest BCUT2D eigenvalue weighted by Gasteiger charge is 2.17. The molecule has 0 amide bonds. The number of ether oxygens (including phenoxy) is 1. The van der Waals surface area contributed by atoms with Crippen molar-refractivity contribution in [2.45, 2.75) is 26.4 Å². The summed E-state index contributed by atoms with van der Waals surface area (Å²) in [6.45, 7) is 2.19. The number of hydrogen-bond acceptors (Lipinski definition) is 5. The molecule has 156 valence electrons. The van der Waals surface area contributed by atoms with Gasteiger partial charge in [0.25, 0.3) is 5.56 Å². The zero-order chi connectivity index (χ0) is 21.6. The van der Waals surface area contributed by atoms with E-state index in [1.165, 1.54) is 22.0 Å². The first-order valence-corrected chi connectivity index (χ1v) is 10.9. The molecule has 6 heteroatoms. The number of ketones is 1. The van der Waals surface area contributed by atoms with Gasteiger partial charge in [-0.3, -0.25) is 14.2 Å². The van der Waals surface area contributed by atoms with Gasteiger partial charge in [-0.2, -0.15) is 0 Å². The molecule has 31 heavy (non-hydrogen) atoms. The minimum atomic E-state index is -0.248. The highest BCUT2D eigenvalue weighted by molar-refractivity contribution is 7.16. The molecule has 0 aliphatic carbocycles. The van der Waals surface area contributed by atoms with Crippen LogP contribution in [0.1, 0.15) is 32.9 Å². The Kier molecular flexibility index (Phi) is 6.38. The summed E-state index contributed by atoms with van der Waals surface area (Å²) in [5.74, 6) is 0.540. The van der Waals surface area contributed by atoms with Gasteiger partial charge >= 0.3 is 0 Å². The second-order valence-electron chi connectivity index (χ2n) is 7.16. The van der Waals surface area contributed by atoms with Crippen LogP contribution in [0.25, 0.3) is 5.13 Å². The first-order valence-electron chi connectivity index (χ1n) is 10.0. The number of Topliss-reactive ketones (excluding diaryl/α,β-unsaturated/α-hetero) is 1. The normalized spacial score (nSPS) is 10.7. The fourth-order valence-corrected chi connectivity index (χ4v) is 4.23. The molecule has 0 fully saturated rings. The maximum absolute atomic E-state index is 12.7. The van der Waals surface area contributed by atoms with Gasteiger partial charge in [-0.05, 0) is 30.5 Å². The molecule has 0 spiro atoms. The van der Waals surface area contributed by atoms with E-state index in [1.54, 1.807) is 19.2 Å². The summed E-state index contributed by atoms with van der Waals surface area (Å²) in [7, 11) is 0. The molecule has 0 saturated carbocycles. The first kappa shape index (κ1) is 20.8. The summed E-state index contributed by atoms with van der Waals surface area (Å²) in [6, 6.07) is 22.9. The Morgan fingerprint density at radius 1 is 1.00 bits per heavy atom. The lowest BCUT2D eigenvalue weighted by Gasteiger charge is -2.07. The number of aromatic nitrogens is 2. The summed E-state index contributed by atoms with van der Waals surface area (Å²) in [5, 5.41) is 0.486. The van der Waals surface area contributed by atoms with Crippen LogP contribution >= 0.6 is 11.3 Å². The van der Waals surface area contributed by atoms with E-state index in [1.807, 2.05) is 60.7 Å². The fraction of sp³-hybridized carbons (Fsp3) is 0.160. The zero-order valence-corrected chi connectivity index (χ0v) is 18.0. The summed E-state index contributed by atoms with van der Waals surface area (Å²) >= 11 is 1.25. The number of pyridine rings is 1. The van der Waals surface area contributed by atoms with Crippen LogP contribution in [0.3, 0.4) is 0 Å². The molecule has 4 aromatic rings. The van der Waals surface area contributed by atoms with Crippen molar-refractivity contribution in [2.24, 2.45) is 0 Å². The number of carbonyl (C=O) groups excluding carboxylic acids is 1. The maximum Gasteiger partial charge on any atom is 0.260 e. The van der Waals surface area contributed by atoms with Gasteiger partial charge in [0.1, 0.15) is 12.4 Å². The third-order valence-corrected chi connectivity index (χ3v) is 6.07. The van der Waals surface area contributed by atoms with Gasteiger partial charge < -0.3 is 4.74 Å². The molecule has 0 bridgehead atoms. The van der Waals surface area contributed by atoms with Crippen LogP contribution in [0.15, 0.2) is 83.8 Å². The smallest absolute Gasteiger partial charge is 0.260 e. The Morgan fingerprint density at radius 3 is 2.35 bits per heavy atom. The average molecular weight is 431 g/mol. The Labute approximate surface area is 184 Å². The van der Waals surface area contributed by atoms with Gasteiger partial charge in [-0.25, -0.2) is 4.98 Å². The maximum atomic E-state index is 12.7. The monoisotopic (exact) mass is 430 g/mol. The Morgan fingerprint density at radius 2 is 1.68 bits per heavy atom. The van der Waals surface area contributed by atoms with Crippen molar-refractivity contribution in [3.63, 3.8) is 0 Å². The largest absolute Gasteiger partial charge is 0.489 e. The molecule has 5 nitrogen and oxygen atoms in total. The number of thiazole rings is 1. The summed E-state index contributed by atoms with van der Waals surface area (Å²) in [5.41, 5.74) is 2.55. The van der Waals surface area contributed by atoms with Crippen LogP contribution in [0.5, 0.6) is 5.75 Å². The van der Waals surface area contributed by atoms with E-state index in [0.717, 1.165) is 11.1 Å². The summed E-state index contributed by atoms with van der Waals surface area (Å²) in [4.78, 5) is 30.4. The molecular formula is C25H22N2O3S. The van der Waals surface area contributed by atoms with Crippen molar-refractivity contribution in [3.8, 4) is 10.9 Å². The van der Waals surface area contributed by atoms with Gasteiger partial charge in [0, 0.05) is 18.7 Å². The molecule has 2 aromatic carbocycles. The van der Waals surface area contributed by atoms with Gasteiger partial charge in [0.2, 0.25) is 0 Å². The second kappa shape index (κ2) is 9.53. The number of carbonyl (C=O) groups is 1. The van der Waals surface area contributed by atoms with Crippen molar-refractivity contribution in [2.75, 3.05) is 0 Å². The lowest BCUT2D eigenvalue weighted by atomic mass is 10.1. The van der Waals surface area contributed by atoms with Crippen LogP contribution in [0.4, 0.5) is 0 Å². The predicted octanol–water partition coefficient (Wildman–Crippen LogP) is 5.00. The van der Waals surface area contributed by atoms with Gasteiger partial charge in [-0.1, -0.05) is 72.0 Å². The lowest BCUT2D eigenvalue weighted by molar-refractivity contribution is 0.0986. The van der Waals surface area contributed by atoms with E-state index in [0.29, 0.717) is 40.9 Å². The Bertz CT molecular complexity index is 1230. The Balaban J connectivity index is 1.46. The van der Waals surface area contributed by atoms with Crippen molar-refractivity contribution in [1.29, 1.82) is 0 Å². The van der Waals surface area contributed by atoms with Gasteiger partial charge in [0.05, 0.1) is 10.6 Å². The number of aryl methyl sites for hydroxylation is 2. The van der Waals surface area contributed by atoms with Gasteiger partial charge in [0.15, 0.2) is 10.9 Å². The average Bonchev–Trinajstić information content (AvgIpc) is 3.19. The van der Waals surface area contributed by atoms with Crippen molar-refractivity contribution in [3.05, 3.63) is 111 Å². The van der Waals surface area contributed by atoms with Crippen LogP contribution in [-0.2, 0) is 13.0 Å². The molecule has 0 radical (unpaired) electrons. The topological polar surface area (TPSA) is 61.2 Å². The highest BCUT2D eigenvalue weighted by Crippen LogP contribution is 2.23. The number of hydrogen-bond donors (Lipinski definition) is 0. The van der Waals surface area contributed by atoms with E-state index in [-0.39, 0.29) is 11.3 Å². The minimum Gasteiger partial charge on any atom is -0.489 e. The molecule has 0 atom stereocenters. The first-order chi connectivity index (χ1) is 15.1. The van der Waals surface area contributed by atoms with Crippen molar-refractivity contribution in [1.82, 2.24) is 9.55 Å². The third-order valence-electron chi connectivity index (χ3n) is 4.87. The predicted molar refractivity (Wildman–Crippen MR) is 122 cm³/mol. The third kappa shape index (κ3) is 5.16. The lowest BCUT2D eigenvalue weighted by Crippen LogP contribution is -2.16. The van der Waals surface area contributed by atoms with E-state index in [4.69, 9.17) is 4.74 Å². The molecule has 0 aliphatic rings. The number of rotatable bonds is 8.